The van der Waals surface area contributed by atoms with Crippen LogP contribution in [0.1, 0.15) is 20.3 Å². The summed E-state index contributed by atoms with van der Waals surface area (Å²) >= 11 is 0. The highest BCUT2D eigenvalue weighted by molar-refractivity contribution is 6.01. The molecule has 0 spiro atoms. The lowest BCUT2D eigenvalue weighted by Gasteiger charge is -2.15. The van der Waals surface area contributed by atoms with Crippen molar-refractivity contribution in [3.8, 4) is 0 Å². The van der Waals surface area contributed by atoms with E-state index in [2.05, 4.69) is 79.1 Å². The minimum Gasteiger partial charge on any atom is -0.382 e. The Balaban J connectivity index is 1.24. The van der Waals surface area contributed by atoms with E-state index in [1.807, 2.05) is 84.9 Å². The highest BCUT2D eigenvalue weighted by atomic mass is 15.1. The molecule has 1 heterocycles. The van der Waals surface area contributed by atoms with Gasteiger partial charge in [-0.05, 0) is 74.0 Å². The molecule has 8 heteroatoms. The van der Waals surface area contributed by atoms with E-state index in [1.54, 1.807) is 12.4 Å². The summed E-state index contributed by atoms with van der Waals surface area (Å²) < 4.78 is 0. The van der Waals surface area contributed by atoms with E-state index < -0.39 is 0 Å². The summed E-state index contributed by atoms with van der Waals surface area (Å²) in [6.45, 7) is 4.36. The van der Waals surface area contributed by atoms with Crippen molar-refractivity contribution in [2.75, 3.05) is 5.32 Å². The molecule has 0 saturated heterocycles. The Morgan fingerprint density at radius 1 is 0.535 bits per heavy atom. The van der Waals surface area contributed by atoms with Crippen molar-refractivity contribution in [2.45, 2.75) is 26.3 Å². The van der Waals surface area contributed by atoms with Crippen molar-refractivity contribution in [1.29, 1.82) is 0 Å². The van der Waals surface area contributed by atoms with Crippen molar-refractivity contribution in [3.05, 3.63) is 122 Å². The molecular weight excluding hydrogens is 532 g/mol. The monoisotopic (exact) mass is 562 g/mol. The van der Waals surface area contributed by atoms with Crippen LogP contribution in [0.2, 0.25) is 0 Å². The second-order valence-corrected chi connectivity index (χ2v) is 10.1. The predicted molar refractivity (Wildman–Crippen MR) is 174 cm³/mol. The molecule has 8 nitrogen and oxygen atoms in total. The van der Waals surface area contributed by atoms with E-state index in [9.17, 15) is 0 Å². The van der Waals surface area contributed by atoms with E-state index in [-0.39, 0.29) is 0 Å². The van der Waals surface area contributed by atoms with Gasteiger partial charge in [0.15, 0.2) is 0 Å². The Kier molecular flexibility index (Phi) is 8.27. The first-order valence-corrected chi connectivity index (χ1v) is 14.2. The first kappa shape index (κ1) is 27.5. The van der Waals surface area contributed by atoms with Crippen molar-refractivity contribution < 1.29 is 0 Å². The molecular formula is C35H30N8. The molecule has 0 fully saturated rings. The fourth-order valence-electron chi connectivity index (χ4n) is 4.64. The summed E-state index contributed by atoms with van der Waals surface area (Å²) in [7, 11) is 0. The number of hydrogen-bond donors (Lipinski definition) is 1. The summed E-state index contributed by atoms with van der Waals surface area (Å²) in [6.07, 6.45) is 4.41. The SMILES string of the molecule is CCC(C)Nc1ccc(/N=N/c2ccc(/N=N/c3ccc(/N=N/c4cccnc4)cc3)c3ccccc23)c2ccccc12. The molecule has 5 aromatic carbocycles. The fraction of sp³-hybridized carbons (Fsp3) is 0.114. The molecule has 1 aromatic heterocycles. The number of fused-ring (bicyclic) bond motifs is 2. The van der Waals surface area contributed by atoms with Crippen molar-refractivity contribution in [3.63, 3.8) is 0 Å². The summed E-state index contributed by atoms with van der Waals surface area (Å²) in [5, 5.41) is 34.5. The van der Waals surface area contributed by atoms with Gasteiger partial charge in [-0.15, -0.1) is 20.5 Å². The lowest BCUT2D eigenvalue weighted by molar-refractivity contribution is 0.765. The molecule has 0 aliphatic heterocycles. The molecule has 6 aromatic rings. The number of anilines is 1. The number of aromatic nitrogens is 1. The van der Waals surface area contributed by atoms with Crippen LogP contribution < -0.4 is 5.32 Å². The van der Waals surface area contributed by atoms with Crippen molar-refractivity contribution >= 4 is 61.4 Å². The van der Waals surface area contributed by atoms with Gasteiger partial charge in [-0.2, -0.15) is 10.2 Å². The zero-order chi connectivity index (χ0) is 29.4. The van der Waals surface area contributed by atoms with E-state index >= 15 is 0 Å². The second kappa shape index (κ2) is 12.9. The van der Waals surface area contributed by atoms with Gasteiger partial charge in [0.05, 0.1) is 34.6 Å². The molecule has 0 radical (unpaired) electrons. The standard InChI is InChI=1S/C35H30N8/c1-3-24(2)37-32-18-19-34(29-11-5-4-10-28(29)32)42-43-35-21-20-33(30-12-6-7-13-31(30)35)41-39-26-16-14-25(15-17-26)38-40-27-9-8-22-36-23-27/h4-24,37H,3H2,1-2H3/b40-38+,41-39+,43-42+. The van der Waals surface area contributed by atoms with Crippen molar-refractivity contribution in [1.82, 2.24) is 4.98 Å². The van der Waals surface area contributed by atoms with Crippen LogP contribution in [0, 0.1) is 0 Å². The lowest BCUT2D eigenvalue weighted by Crippen LogP contribution is -2.13. The molecule has 1 unspecified atom stereocenters. The minimum atomic E-state index is 0.381. The number of rotatable bonds is 9. The summed E-state index contributed by atoms with van der Waals surface area (Å²) in [5.41, 5.74) is 5.57. The zero-order valence-electron chi connectivity index (χ0n) is 24.0. The molecule has 6 rings (SSSR count). The smallest absolute Gasteiger partial charge is 0.104 e. The van der Waals surface area contributed by atoms with Gasteiger partial charge in [0, 0.05) is 39.5 Å². The molecule has 0 saturated carbocycles. The van der Waals surface area contributed by atoms with Gasteiger partial charge < -0.3 is 5.32 Å². The van der Waals surface area contributed by atoms with Gasteiger partial charge >= 0.3 is 0 Å². The zero-order valence-corrected chi connectivity index (χ0v) is 24.0. The Morgan fingerprint density at radius 3 is 1.58 bits per heavy atom. The topological polar surface area (TPSA) is 99.1 Å². The van der Waals surface area contributed by atoms with Crippen LogP contribution in [0.4, 0.5) is 39.8 Å². The molecule has 0 amide bonds. The maximum Gasteiger partial charge on any atom is 0.104 e. The lowest BCUT2D eigenvalue weighted by atomic mass is 10.1. The first-order chi connectivity index (χ1) is 21.2. The van der Waals surface area contributed by atoms with Gasteiger partial charge in [-0.1, -0.05) is 55.5 Å². The highest BCUT2D eigenvalue weighted by Crippen LogP contribution is 2.37. The molecule has 0 bridgehead atoms. The first-order valence-electron chi connectivity index (χ1n) is 14.2. The van der Waals surface area contributed by atoms with E-state index in [1.165, 1.54) is 0 Å². The average molecular weight is 563 g/mol. The number of nitrogens with one attached hydrogen (secondary N) is 1. The Hall–Kier alpha value is -5.63. The Morgan fingerprint density at radius 2 is 1.02 bits per heavy atom. The van der Waals surface area contributed by atoms with E-state index in [0.717, 1.165) is 56.4 Å². The molecule has 210 valence electrons. The average Bonchev–Trinajstić information content (AvgIpc) is 3.07. The van der Waals surface area contributed by atoms with Crippen LogP contribution in [0.25, 0.3) is 21.5 Å². The summed E-state index contributed by atoms with van der Waals surface area (Å²) in [4.78, 5) is 4.04. The van der Waals surface area contributed by atoms with Crippen molar-refractivity contribution in [2.24, 2.45) is 30.7 Å². The van der Waals surface area contributed by atoms with Crippen LogP contribution in [0.15, 0.2) is 152 Å². The molecule has 1 N–H and O–H groups in total. The predicted octanol–water partition coefficient (Wildman–Crippen LogP) is 11.8. The third kappa shape index (κ3) is 6.49. The number of azo groups is 3. The third-order valence-corrected chi connectivity index (χ3v) is 7.11. The minimum absolute atomic E-state index is 0.381. The number of hydrogen-bond acceptors (Lipinski definition) is 8. The van der Waals surface area contributed by atoms with Crippen LogP contribution >= 0.6 is 0 Å². The molecule has 1 atom stereocenters. The highest BCUT2D eigenvalue weighted by Gasteiger charge is 2.09. The summed E-state index contributed by atoms with van der Waals surface area (Å²) in [5.74, 6) is 0. The van der Waals surface area contributed by atoms with Crippen LogP contribution in [-0.4, -0.2) is 11.0 Å². The number of pyridine rings is 1. The van der Waals surface area contributed by atoms with Gasteiger partial charge in [-0.25, -0.2) is 0 Å². The molecule has 0 aliphatic carbocycles. The summed E-state index contributed by atoms with van der Waals surface area (Å²) in [6, 6.07) is 35.8. The van der Waals surface area contributed by atoms with Crippen LogP contribution in [0.3, 0.4) is 0 Å². The van der Waals surface area contributed by atoms with Crippen LogP contribution in [-0.2, 0) is 0 Å². The van der Waals surface area contributed by atoms with E-state index in [4.69, 9.17) is 0 Å². The van der Waals surface area contributed by atoms with E-state index in [0.29, 0.717) is 17.4 Å². The number of nitrogens with zero attached hydrogens (tertiary/aromatic N) is 7. The quantitative estimate of drug-likeness (QED) is 0.177. The largest absolute Gasteiger partial charge is 0.382 e. The van der Waals surface area contributed by atoms with Gasteiger partial charge in [-0.3, -0.25) is 4.98 Å². The molecule has 43 heavy (non-hydrogen) atoms. The fourth-order valence-corrected chi connectivity index (χ4v) is 4.64. The molecule has 0 aliphatic rings. The Bertz CT molecular complexity index is 1950. The van der Waals surface area contributed by atoms with Gasteiger partial charge in [0.1, 0.15) is 5.69 Å². The van der Waals surface area contributed by atoms with Gasteiger partial charge in [0.25, 0.3) is 0 Å². The Labute approximate surface area is 250 Å². The third-order valence-electron chi connectivity index (χ3n) is 7.11. The van der Waals surface area contributed by atoms with Crippen LogP contribution in [0.5, 0.6) is 0 Å². The number of benzene rings is 5. The maximum atomic E-state index is 4.68. The van der Waals surface area contributed by atoms with Gasteiger partial charge in [0.2, 0.25) is 0 Å². The second-order valence-electron chi connectivity index (χ2n) is 10.1. The maximum absolute atomic E-state index is 4.68. The normalized spacial score (nSPS) is 12.6.